The van der Waals surface area contributed by atoms with Crippen molar-refractivity contribution in [2.75, 3.05) is 26.2 Å². The summed E-state index contributed by atoms with van der Waals surface area (Å²) >= 11 is 0. The van der Waals surface area contributed by atoms with Crippen LogP contribution < -0.4 is 0 Å². The number of hydrogen-bond acceptors (Lipinski definition) is 9. The van der Waals surface area contributed by atoms with Gasteiger partial charge in [-0.1, -0.05) is 74.5 Å². The van der Waals surface area contributed by atoms with E-state index in [-0.39, 0.29) is 56.5 Å². The Hall–Kier alpha value is -5.27. The van der Waals surface area contributed by atoms with E-state index in [0.29, 0.717) is 32.6 Å². The average molecular weight is 941 g/mol. The number of H-pyrrole nitrogens is 1. The van der Waals surface area contributed by atoms with Crippen molar-refractivity contribution in [2.24, 2.45) is 0 Å². The number of carbonyl (C=O) groups is 2. The first-order chi connectivity index (χ1) is 25.8. The molecule has 13 nitrogen and oxygen atoms in total. The maximum absolute atomic E-state index is 12.2. The van der Waals surface area contributed by atoms with Crippen LogP contribution in [-0.4, -0.2) is 77.9 Å². The Balaban J connectivity index is 0.000000421. The second-order valence-electron chi connectivity index (χ2n) is 11.6. The van der Waals surface area contributed by atoms with Crippen LogP contribution in [0, 0.1) is 65.1 Å². The molecule has 2 aliphatic heterocycles. The van der Waals surface area contributed by atoms with Gasteiger partial charge in [-0.15, -0.1) is 0 Å². The van der Waals surface area contributed by atoms with Gasteiger partial charge < -0.3 is 19.3 Å². The van der Waals surface area contributed by atoms with E-state index in [2.05, 4.69) is 43.6 Å². The Morgan fingerprint density at radius 2 is 1.42 bits per heavy atom. The molecule has 0 saturated carbocycles. The summed E-state index contributed by atoms with van der Waals surface area (Å²) in [5.74, 6) is 0. The number of aromatic nitrogens is 4. The van der Waals surface area contributed by atoms with Crippen LogP contribution in [0.5, 0.6) is 0 Å². The summed E-state index contributed by atoms with van der Waals surface area (Å²) in [6.45, 7) is 8.02. The van der Waals surface area contributed by atoms with Gasteiger partial charge in [-0.2, -0.15) is 26.0 Å². The van der Waals surface area contributed by atoms with Crippen molar-refractivity contribution in [3.63, 3.8) is 0 Å². The Morgan fingerprint density at radius 3 is 1.83 bits per heavy atom. The van der Waals surface area contributed by atoms with Crippen molar-refractivity contribution >= 4 is 20.6 Å². The summed E-state index contributed by atoms with van der Waals surface area (Å²) in [5, 5.41) is 35.8. The van der Waals surface area contributed by atoms with E-state index in [0.717, 1.165) is 35.1 Å². The van der Waals surface area contributed by atoms with Gasteiger partial charge in [0.1, 0.15) is 18.8 Å². The summed E-state index contributed by atoms with van der Waals surface area (Å²) in [6.07, 6.45) is 10.6. The van der Waals surface area contributed by atoms with Gasteiger partial charge in [-0.25, -0.2) is 9.59 Å². The number of nitrogens with zero attached hydrogens (tertiary/aromatic N) is 8. The van der Waals surface area contributed by atoms with Crippen molar-refractivity contribution in [3.8, 4) is 18.2 Å². The Morgan fingerprint density at radius 1 is 0.887 bits per heavy atom. The average Bonchev–Trinajstić information content (AvgIpc) is 3.88. The van der Waals surface area contributed by atoms with E-state index in [4.69, 9.17) is 26.6 Å². The van der Waals surface area contributed by atoms with Crippen LogP contribution in [0.15, 0.2) is 97.1 Å². The monoisotopic (exact) mass is 940 g/mol. The van der Waals surface area contributed by atoms with Gasteiger partial charge in [0.05, 0.1) is 50.1 Å². The van der Waals surface area contributed by atoms with E-state index in [9.17, 15) is 9.59 Å². The van der Waals surface area contributed by atoms with Crippen molar-refractivity contribution in [1.29, 1.82) is 17.1 Å². The molecule has 2 amide bonds. The molecule has 0 spiro atoms. The number of nitrogens with one attached hydrogen (secondary N) is 1. The molecule has 0 unspecified atom stereocenters. The van der Waals surface area contributed by atoms with E-state index in [1.54, 1.807) is 15.9 Å². The van der Waals surface area contributed by atoms with E-state index in [1.165, 1.54) is 18.6 Å². The number of likely N-dealkylation sites (tertiary alicyclic amines) is 2. The quantitative estimate of drug-likeness (QED) is 0.173. The molecule has 2 aromatic heterocycles. The number of amides is 2. The van der Waals surface area contributed by atoms with Gasteiger partial charge in [0.25, 0.3) is 0 Å². The van der Waals surface area contributed by atoms with Crippen molar-refractivity contribution in [3.05, 3.63) is 119 Å². The molecule has 0 bridgehead atoms. The van der Waals surface area contributed by atoms with Crippen LogP contribution in [0.2, 0.25) is 0 Å². The third kappa shape index (κ3) is 14.7. The SMILES string of the molecule is CC#N.CCc1cn[nH]c1.CCc1cnn(C2(CC#N)CN(C(=O)OCc3ccccc3)C2)c1.N#CC=C1CN(C(=O)OCc2ccccc2)C1.[2H][B].[U]. The third-order valence-corrected chi connectivity index (χ3v) is 7.86. The van der Waals surface area contributed by atoms with E-state index < -0.39 is 5.54 Å². The molecule has 4 heterocycles. The zero-order valence-corrected chi connectivity index (χ0v) is 34.5. The molecule has 15 heteroatoms. The molecule has 2 radical (unpaired) electrons. The van der Waals surface area contributed by atoms with Gasteiger partial charge >= 0.3 is 12.2 Å². The first kappa shape index (κ1) is 43.9. The molecule has 4 aromatic rings. The Kier molecular flexibility index (Phi) is 20.6. The fourth-order valence-corrected chi connectivity index (χ4v) is 4.93. The summed E-state index contributed by atoms with van der Waals surface area (Å²) < 4.78 is 17.6. The molecule has 1 N–H and O–H groups in total. The summed E-state index contributed by atoms with van der Waals surface area (Å²) in [4.78, 5) is 26.9. The maximum Gasteiger partial charge on any atom is 0.410 e. The minimum absolute atomic E-state index is 0. The summed E-state index contributed by atoms with van der Waals surface area (Å²) in [6, 6.07) is 25.0. The largest absolute Gasteiger partial charge is 0.445 e. The van der Waals surface area contributed by atoms with Gasteiger partial charge in [-0.3, -0.25) is 9.78 Å². The molecule has 2 fully saturated rings. The molecule has 53 heavy (non-hydrogen) atoms. The van der Waals surface area contributed by atoms with Crippen LogP contribution in [0.3, 0.4) is 0 Å². The number of aromatic amines is 1. The zero-order valence-electron chi connectivity index (χ0n) is 31.3. The number of benzene rings is 2. The first-order valence-electron chi connectivity index (χ1n) is 17.1. The fourth-order valence-electron chi connectivity index (χ4n) is 4.93. The third-order valence-electron chi connectivity index (χ3n) is 7.86. The Labute approximate surface area is 338 Å². The molecule has 2 aliphatic rings. The van der Waals surface area contributed by atoms with Crippen LogP contribution in [-0.2, 0) is 41.1 Å². The predicted octanol–water partition coefficient (Wildman–Crippen LogP) is 5.65. The molecule has 2 saturated heterocycles. The van der Waals surface area contributed by atoms with Gasteiger partial charge in [-0.05, 0) is 42.0 Å². The molecule has 272 valence electrons. The summed E-state index contributed by atoms with van der Waals surface area (Å²) in [7, 11) is 3.75. The van der Waals surface area contributed by atoms with Gasteiger partial charge in [0.15, 0.2) is 0 Å². The van der Waals surface area contributed by atoms with E-state index >= 15 is 0 Å². The zero-order chi connectivity index (χ0) is 38.9. The number of allylic oxidation sites excluding steroid dienone is 1. The second-order valence-corrected chi connectivity index (χ2v) is 11.6. The van der Waals surface area contributed by atoms with Crippen molar-refractivity contribution in [2.45, 2.75) is 58.8 Å². The van der Waals surface area contributed by atoms with Crippen LogP contribution in [0.25, 0.3) is 0 Å². The number of carbonyl (C=O) groups excluding carboxylic acids is 2. The number of aryl methyl sites for hydroxylation is 2. The minimum Gasteiger partial charge on any atom is -0.445 e. The number of hydrogen-bond donors (Lipinski definition) is 1. The molecule has 0 atom stereocenters. The smallest absolute Gasteiger partial charge is 0.410 e. The topological polar surface area (TPSA) is 177 Å². The maximum atomic E-state index is 12.2. The standard InChI is InChI=1S/C18H20N4O2.C13H12N2O2.C5H8N2.C2H3N.BH.U/c1-2-15-10-20-22(11-15)18(8-9-19)13-21(14-18)17(23)24-12-16-6-4-3-5-7-16;14-7-6-12-8-15(9-12)13(16)17-10-11-4-2-1-3-5-11;1-2-5-3-6-7-4-5;1-2-3;;/h3-7,10-11H,2,8,12-14H2,1H3;1-6H,8-10H2;3-4H,2H2,1H3,(H,6,7);1H3;1H;/i;;;;1D;. The first-order valence-corrected chi connectivity index (χ1v) is 16.5. The van der Waals surface area contributed by atoms with Crippen LogP contribution in [0.4, 0.5) is 9.59 Å². The van der Waals surface area contributed by atoms with Crippen LogP contribution in [0.1, 0.15) is 49.4 Å². The van der Waals surface area contributed by atoms with Crippen LogP contribution >= 0.6 is 0 Å². The minimum atomic E-state index is -0.437. The Bertz CT molecular complexity index is 1810. The van der Waals surface area contributed by atoms with Gasteiger partial charge in [0.2, 0.25) is 0 Å². The number of ether oxygens (including phenoxy) is 2. The molecule has 2 aromatic carbocycles. The second kappa shape index (κ2) is 24.8. The molecular weight excluding hydrogens is 895 g/mol. The fraction of sp³-hybridized carbons (Fsp3) is 0.342. The summed E-state index contributed by atoms with van der Waals surface area (Å²) in [5.41, 5.74) is 4.83. The van der Waals surface area contributed by atoms with Crippen molar-refractivity contribution < 1.29 is 50.2 Å². The molecule has 6 rings (SSSR count). The van der Waals surface area contributed by atoms with Crippen molar-refractivity contribution in [1.82, 2.24) is 29.8 Å². The molecule has 0 aliphatic carbocycles. The predicted molar refractivity (Wildman–Crippen MR) is 196 cm³/mol. The van der Waals surface area contributed by atoms with E-state index in [1.807, 2.05) is 96.2 Å². The number of nitriles is 3. The van der Waals surface area contributed by atoms with Gasteiger partial charge in [0, 0.05) is 78.0 Å². The molecular formula is C38H44BN9O4U. The number of rotatable bonds is 8. The normalized spacial score (nSPS) is 12.8.